The van der Waals surface area contributed by atoms with Crippen LogP contribution in [0, 0.1) is 0 Å². The van der Waals surface area contributed by atoms with Gasteiger partial charge in [-0.25, -0.2) is 0 Å². The molecule has 0 atom stereocenters. The molecule has 0 radical (unpaired) electrons. The van der Waals surface area contributed by atoms with Crippen LogP contribution in [0.1, 0.15) is 27.9 Å². The third-order valence-electron chi connectivity index (χ3n) is 4.25. The van der Waals surface area contributed by atoms with E-state index in [4.69, 9.17) is 11.6 Å². The predicted molar refractivity (Wildman–Crippen MR) is 97.7 cm³/mol. The second-order valence-electron chi connectivity index (χ2n) is 5.90. The molecular formula is C18H15ClN4OS. The maximum Gasteiger partial charge on any atom is 0.214 e. The summed E-state index contributed by atoms with van der Waals surface area (Å²) in [4.78, 5) is 12.5. The molecule has 1 aliphatic rings. The molecule has 0 amide bonds. The summed E-state index contributed by atoms with van der Waals surface area (Å²) >= 11 is 7.35. The number of aryl methyl sites for hydroxylation is 2. The minimum atomic E-state index is 0.0837. The van der Waals surface area contributed by atoms with Crippen molar-refractivity contribution in [2.75, 3.05) is 5.75 Å². The van der Waals surface area contributed by atoms with Gasteiger partial charge >= 0.3 is 0 Å². The molecular weight excluding hydrogens is 356 g/mol. The van der Waals surface area contributed by atoms with Crippen LogP contribution >= 0.6 is 23.4 Å². The summed E-state index contributed by atoms with van der Waals surface area (Å²) in [6.45, 7) is 0. The van der Waals surface area contributed by atoms with Crippen LogP contribution < -0.4 is 0 Å². The van der Waals surface area contributed by atoms with E-state index in [0.717, 1.165) is 24.1 Å². The van der Waals surface area contributed by atoms with Crippen molar-refractivity contribution in [3.05, 3.63) is 64.2 Å². The molecule has 1 aromatic heterocycles. The van der Waals surface area contributed by atoms with E-state index in [-0.39, 0.29) is 5.78 Å². The van der Waals surface area contributed by atoms with Gasteiger partial charge in [0.2, 0.25) is 5.16 Å². The fraction of sp³-hybridized carbons (Fsp3) is 0.222. The third-order valence-corrected chi connectivity index (χ3v) is 5.40. The summed E-state index contributed by atoms with van der Waals surface area (Å²) in [7, 11) is 0. The molecule has 5 nitrogen and oxygen atoms in total. The average Bonchev–Trinajstić information content (AvgIpc) is 3.28. The molecule has 1 aliphatic carbocycles. The van der Waals surface area contributed by atoms with Gasteiger partial charge in [-0.05, 0) is 65.1 Å². The number of aromatic nitrogens is 4. The highest BCUT2D eigenvalue weighted by Crippen LogP contribution is 2.25. The van der Waals surface area contributed by atoms with Gasteiger partial charge in [0.25, 0.3) is 0 Å². The molecule has 4 rings (SSSR count). The number of carbonyl (C=O) groups excluding carboxylic acids is 1. The molecule has 0 N–H and O–H groups in total. The third kappa shape index (κ3) is 3.45. The summed E-state index contributed by atoms with van der Waals surface area (Å²) in [5.41, 5.74) is 4.20. The van der Waals surface area contributed by atoms with E-state index in [0.29, 0.717) is 15.9 Å². The number of carbonyl (C=O) groups is 1. The zero-order valence-corrected chi connectivity index (χ0v) is 14.9. The van der Waals surface area contributed by atoms with Gasteiger partial charge < -0.3 is 0 Å². The highest BCUT2D eigenvalue weighted by Gasteiger charge is 2.16. The van der Waals surface area contributed by atoms with Gasteiger partial charge in [0, 0.05) is 10.6 Å². The molecule has 0 unspecified atom stereocenters. The molecule has 2 aromatic carbocycles. The number of tetrazole rings is 1. The normalized spacial score (nSPS) is 13.0. The molecule has 0 fully saturated rings. The Morgan fingerprint density at radius 2 is 2.04 bits per heavy atom. The first-order valence-electron chi connectivity index (χ1n) is 8.03. The Hall–Kier alpha value is -2.18. The van der Waals surface area contributed by atoms with E-state index in [1.165, 1.54) is 29.3 Å². The molecule has 126 valence electrons. The fourth-order valence-electron chi connectivity index (χ4n) is 3.00. The van der Waals surface area contributed by atoms with Crippen LogP contribution in [0.3, 0.4) is 0 Å². The quantitative estimate of drug-likeness (QED) is 0.505. The lowest BCUT2D eigenvalue weighted by Gasteiger charge is -2.06. The summed E-state index contributed by atoms with van der Waals surface area (Å²) in [6.07, 6.45) is 3.36. The second-order valence-corrected chi connectivity index (χ2v) is 7.28. The van der Waals surface area contributed by atoms with Gasteiger partial charge in [-0.15, -0.1) is 5.10 Å². The summed E-state index contributed by atoms with van der Waals surface area (Å²) < 4.78 is 1.59. The first kappa shape index (κ1) is 16.3. The largest absolute Gasteiger partial charge is 0.293 e. The standard InChI is InChI=1S/C18H15ClN4OS/c19-15-5-2-6-16(10-15)23-18(20-21-22-23)25-11-17(24)14-8-7-12-3-1-4-13(12)9-14/h2,5-10H,1,3-4,11H2. The van der Waals surface area contributed by atoms with Crippen molar-refractivity contribution in [3.8, 4) is 5.69 Å². The highest BCUT2D eigenvalue weighted by atomic mass is 35.5. The lowest BCUT2D eigenvalue weighted by molar-refractivity contribution is 0.102. The Morgan fingerprint density at radius 1 is 1.16 bits per heavy atom. The number of rotatable bonds is 5. The lowest BCUT2D eigenvalue weighted by atomic mass is 10.0. The van der Waals surface area contributed by atoms with E-state index >= 15 is 0 Å². The van der Waals surface area contributed by atoms with Crippen molar-refractivity contribution in [2.45, 2.75) is 24.4 Å². The van der Waals surface area contributed by atoms with Crippen LogP contribution in [-0.4, -0.2) is 31.7 Å². The number of benzene rings is 2. The molecule has 0 saturated heterocycles. The second kappa shape index (κ2) is 6.98. The molecule has 0 saturated carbocycles. The Labute approximate surface area is 154 Å². The van der Waals surface area contributed by atoms with E-state index in [1.54, 1.807) is 16.8 Å². The lowest BCUT2D eigenvalue weighted by Crippen LogP contribution is -2.05. The van der Waals surface area contributed by atoms with Crippen LogP contribution in [-0.2, 0) is 12.8 Å². The minimum absolute atomic E-state index is 0.0837. The SMILES string of the molecule is O=C(CSc1nnnn1-c1cccc(Cl)c1)c1ccc2c(c1)CCC2. The molecule has 0 spiro atoms. The number of thioether (sulfide) groups is 1. The average molecular weight is 371 g/mol. The molecule has 25 heavy (non-hydrogen) atoms. The number of Topliss-reactive ketones (excluding diaryl/α,β-unsaturated/α-hetero) is 1. The van der Waals surface area contributed by atoms with Gasteiger partial charge in [0.1, 0.15) is 0 Å². The highest BCUT2D eigenvalue weighted by molar-refractivity contribution is 7.99. The zero-order chi connectivity index (χ0) is 17.2. The van der Waals surface area contributed by atoms with E-state index in [2.05, 4.69) is 21.6 Å². The first-order valence-corrected chi connectivity index (χ1v) is 9.39. The van der Waals surface area contributed by atoms with Gasteiger partial charge in [-0.2, -0.15) is 4.68 Å². The molecule has 0 bridgehead atoms. The van der Waals surface area contributed by atoms with Gasteiger partial charge in [-0.1, -0.05) is 41.6 Å². The Kier molecular flexibility index (Phi) is 4.55. The Morgan fingerprint density at radius 3 is 2.92 bits per heavy atom. The van der Waals surface area contributed by atoms with E-state index < -0.39 is 0 Å². The van der Waals surface area contributed by atoms with Crippen molar-refractivity contribution in [1.82, 2.24) is 20.2 Å². The van der Waals surface area contributed by atoms with Crippen LogP contribution in [0.25, 0.3) is 5.69 Å². The van der Waals surface area contributed by atoms with Crippen LogP contribution in [0.4, 0.5) is 0 Å². The van der Waals surface area contributed by atoms with Crippen molar-refractivity contribution in [2.24, 2.45) is 0 Å². The van der Waals surface area contributed by atoms with E-state index in [9.17, 15) is 4.79 Å². The number of nitrogens with zero attached hydrogens (tertiary/aromatic N) is 4. The molecule has 0 aliphatic heterocycles. The summed E-state index contributed by atoms with van der Waals surface area (Å²) in [6, 6.07) is 13.3. The smallest absolute Gasteiger partial charge is 0.214 e. The number of halogens is 1. The molecule has 3 aromatic rings. The summed E-state index contributed by atoms with van der Waals surface area (Å²) in [5, 5.41) is 12.9. The fourth-order valence-corrected chi connectivity index (χ4v) is 3.97. The Balaban J connectivity index is 1.49. The van der Waals surface area contributed by atoms with Crippen molar-refractivity contribution >= 4 is 29.1 Å². The van der Waals surface area contributed by atoms with Crippen LogP contribution in [0.5, 0.6) is 0 Å². The monoisotopic (exact) mass is 370 g/mol. The van der Waals surface area contributed by atoms with Crippen LogP contribution in [0.2, 0.25) is 5.02 Å². The first-order chi connectivity index (χ1) is 12.2. The maximum absolute atomic E-state index is 12.5. The van der Waals surface area contributed by atoms with Crippen LogP contribution in [0.15, 0.2) is 47.6 Å². The van der Waals surface area contributed by atoms with Crippen molar-refractivity contribution in [1.29, 1.82) is 0 Å². The van der Waals surface area contributed by atoms with Crippen molar-refractivity contribution in [3.63, 3.8) is 0 Å². The Bertz CT molecular complexity index is 940. The maximum atomic E-state index is 12.5. The molecule has 1 heterocycles. The summed E-state index contributed by atoms with van der Waals surface area (Å²) in [5.74, 6) is 0.375. The van der Waals surface area contributed by atoms with Crippen molar-refractivity contribution < 1.29 is 4.79 Å². The topological polar surface area (TPSA) is 60.7 Å². The predicted octanol–water partition coefficient (Wildman–Crippen LogP) is 3.78. The number of hydrogen-bond acceptors (Lipinski definition) is 5. The zero-order valence-electron chi connectivity index (χ0n) is 13.4. The van der Waals surface area contributed by atoms with E-state index in [1.807, 2.05) is 24.3 Å². The van der Waals surface area contributed by atoms with Gasteiger partial charge in [0.15, 0.2) is 5.78 Å². The minimum Gasteiger partial charge on any atom is -0.293 e. The van der Waals surface area contributed by atoms with Gasteiger partial charge in [0.05, 0.1) is 11.4 Å². The number of ketones is 1. The number of hydrogen-bond donors (Lipinski definition) is 0. The van der Waals surface area contributed by atoms with Gasteiger partial charge in [-0.3, -0.25) is 4.79 Å². The number of fused-ring (bicyclic) bond motifs is 1. The molecule has 7 heteroatoms.